The van der Waals surface area contributed by atoms with Crippen LogP contribution in [0.15, 0.2) is 12.4 Å². The Balaban J connectivity index is 2.55. The lowest BCUT2D eigenvalue weighted by Gasteiger charge is -2.19. The van der Waals surface area contributed by atoms with Crippen LogP contribution in [0.25, 0.3) is 0 Å². The molecule has 0 unspecified atom stereocenters. The summed E-state index contributed by atoms with van der Waals surface area (Å²) in [5, 5.41) is 3.49. The minimum Gasteiger partial charge on any atom is -0.368 e. The Bertz CT molecular complexity index is 282. The topological polar surface area (TPSA) is 63.8 Å². The molecule has 0 aliphatic heterocycles. The lowest BCUT2D eigenvalue weighted by molar-refractivity contribution is 0.548. The van der Waals surface area contributed by atoms with E-state index in [1.54, 1.807) is 6.07 Å². The molecule has 72 valence electrons. The number of rotatable bonds is 3. The molecule has 1 aromatic heterocycles. The number of halogens is 1. The number of nitrogens with one attached hydrogen (secondary N) is 1. The third kappa shape index (κ3) is 4.05. The van der Waals surface area contributed by atoms with E-state index in [0.29, 0.717) is 17.5 Å². The maximum absolute atomic E-state index is 5.78. The highest BCUT2D eigenvalue weighted by molar-refractivity contribution is 6.29. The van der Waals surface area contributed by atoms with Crippen LogP contribution in [0.3, 0.4) is 0 Å². The molecular formula is C8H13ClN4. The van der Waals surface area contributed by atoms with E-state index in [4.69, 9.17) is 17.3 Å². The molecule has 0 atom stereocenters. The van der Waals surface area contributed by atoms with Crippen molar-refractivity contribution in [1.82, 2.24) is 9.97 Å². The first-order valence-electron chi connectivity index (χ1n) is 3.98. The van der Waals surface area contributed by atoms with E-state index >= 15 is 0 Å². The highest BCUT2D eigenvalue weighted by Crippen LogP contribution is 2.09. The summed E-state index contributed by atoms with van der Waals surface area (Å²) in [6.07, 6.45) is 1.41. The molecule has 13 heavy (non-hydrogen) atoms. The summed E-state index contributed by atoms with van der Waals surface area (Å²) in [7, 11) is 0. The molecule has 0 aliphatic carbocycles. The number of hydrogen-bond acceptors (Lipinski definition) is 4. The molecule has 1 rings (SSSR count). The van der Waals surface area contributed by atoms with Gasteiger partial charge in [0.1, 0.15) is 17.3 Å². The largest absolute Gasteiger partial charge is 0.368 e. The fourth-order valence-corrected chi connectivity index (χ4v) is 0.896. The third-order valence-corrected chi connectivity index (χ3v) is 1.57. The van der Waals surface area contributed by atoms with Crippen LogP contribution in [-0.4, -0.2) is 22.1 Å². The second-order valence-electron chi connectivity index (χ2n) is 3.57. The monoisotopic (exact) mass is 200 g/mol. The van der Waals surface area contributed by atoms with Crippen molar-refractivity contribution < 1.29 is 0 Å². The molecule has 0 amide bonds. The summed E-state index contributed by atoms with van der Waals surface area (Å²) in [4.78, 5) is 7.75. The first-order chi connectivity index (χ1) is 5.97. The van der Waals surface area contributed by atoms with Gasteiger partial charge in [-0.3, -0.25) is 0 Å². The molecule has 0 saturated heterocycles. The van der Waals surface area contributed by atoms with Crippen LogP contribution in [0.1, 0.15) is 13.8 Å². The van der Waals surface area contributed by atoms with Gasteiger partial charge in [0.2, 0.25) is 0 Å². The fraction of sp³-hybridized carbons (Fsp3) is 0.500. The van der Waals surface area contributed by atoms with Crippen LogP contribution >= 0.6 is 11.6 Å². The van der Waals surface area contributed by atoms with E-state index < -0.39 is 0 Å². The summed E-state index contributed by atoms with van der Waals surface area (Å²) < 4.78 is 0. The molecule has 0 fully saturated rings. The average molecular weight is 201 g/mol. The summed E-state index contributed by atoms with van der Waals surface area (Å²) in [5.41, 5.74) is 5.52. The summed E-state index contributed by atoms with van der Waals surface area (Å²) in [5.74, 6) is 0.693. The minimum atomic E-state index is -0.266. The molecule has 0 aliphatic rings. The summed E-state index contributed by atoms with van der Waals surface area (Å²) in [6, 6.07) is 1.66. The second kappa shape index (κ2) is 3.89. The highest BCUT2D eigenvalue weighted by atomic mass is 35.5. The van der Waals surface area contributed by atoms with Gasteiger partial charge in [0.25, 0.3) is 0 Å². The van der Waals surface area contributed by atoms with E-state index in [1.165, 1.54) is 6.33 Å². The van der Waals surface area contributed by atoms with Gasteiger partial charge in [0, 0.05) is 18.2 Å². The molecular weight excluding hydrogens is 188 g/mol. The van der Waals surface area contributed by atoms with E-state index in [0.717, 1.165) is 0 Å². The van der Waals surface area contributed by atoms with Gasteiger partial charge in [-0.1, -0.05) is 11.6 Å². The zero-order valence-electron chi connectivity index (χ0n) is 7.71. The Hall–Kier alpha value is -0.870. The molecule has 4 nitrogen and oxygen atoms in total. The van der Waals surface area contributed by atoms with Crippen molar-refractivity contribution in [2.45, 2.75) is 19.4 Å². The van der Waals surface area contributed by atoms with Crippen molar-refractivity contribution in [1.29, 1.82) is 0 Å². The van der Waals surface area contributed by atoms with Gasteiger partial charge in [-0.2, -0.15) is 0 Å². The lowest BCUT2D eigenvalue weighted by Crippen LogP contribution is -2.39. The van der Waals surface area contributed by atoms with Gasteiger partial charge in [-0.25, -0.2) is 9.97 Å². The molecule has 5 heteroatoms. The molecule has 1 aromatic rings. The standard InChI is InChI=1S/C8H13ClN4/c1-8(2,10)4-11-7-3-6(9)12-5-13-7/h3,5H,4,10H2,1-2H3,(H,11,12,13). The fourth-order valence-electron chi connectivity index (χ4n) is 0.749. The predicted octanol–water partition coefficient (Wildman–Crippen LogP) is 1.28. The van der Waals surface area contributed by atoms with Crippen molar-refractivity contribution in [3.05, 3.63) is 17.5 Å². The molecule has 0 radical (unpaired) electrons. The van der Waals surface area contributed by atoms with Gasteiger partial charge < -0.3 is 11.1 Å². The van der Waals surface area contributed by atoms with Gasteiger partial charge in [-0.05, 0) is 13.8 Å². The van der Waals surface area contributed by atoms with E-state index in [9.17, 15) is 0 Å². The SMILES string of the molecule is CC(C)(N)CNc1cc(Cl)ncn1. The van der Waals surface area contributed by atoms with Crippen LogP contribution in [0.2, 0.25) is 5.15 Å². The van der Waals surface area contributed by atoms with Crippen LogP contribution in [0.5, 0.6) is 0 Å². The van der Waals surface area contributed by atoms with E-state index in [2.05, 4.69) is 15.3 Å². The zero-order chi connectivity index (χ0) is 9.90. The number of nitrogens with zero attached hydrogens (tertiary/aromatic N) is 2. The molecule has 0 bridgehead atoms. The van der Waals surface area contributed by atoms with Gasteiger partial charge in [-0.15, -0.1) is 0 Å². The Morgan fingerprint density at radius 1 is 1.54 bits per heavy atom. The van der Waals surface area contributed by atoms with Crippen molar-refractivity contribution in [2.24, 2.45) is 5.73 Å². The molecule has 0 spiro atoms. The maximum Gasteiger partial charge on any atom is 0.134 e. The van der Waals surface area contributed by atoms with Crippen LogP contribution in [0, 0.1) is 0 Å². The predicted molar refractivity (Wildman–Crippen MR) is 53.8 cm³/mol. The first-order valence-corrected chi connectivity index (χ1v) is 4.35. The number of hydrogen-bond donors (Lipinski definition) is 2. The van der Waals surface area contributed by atoms with Crippen LogP contribution < -0.4 is 11.1 Å². The lowest BCUT2D eigenvalue weighted by atomic mass is 10.1. The summed E-state index contributed by atoms with van der Waals surface area (Å²) >= 11 is 5.67. The normalized spacial score (nSPS) is 11.4. The maximum atomic E-state index is 5.78. The zero-order valence-corrected chi connectivity index (χ0v) is 8.47. The van der Waals surface area contributed by atoms with Crippen LogP contribution in [0.4, 0.5) is 5.82 Å². The van der Waals surface area contributed by atoms with Gasteiger partial charge in [0.15, 0.2) is 0 Å². The Morgan fingerprint density at radius 2 is 2.23 bits per heavy atom. The average Bonchev–Trinajstić information content (AvgIpc) is 2.00. The number of nitrogens with two attached hydrogens (primary N) is 1. The number of anilines is 1. The Labute approximate surface area is 82.5 Å². The van der Waals surface area contributed by atoms with E-state index in [1.807, 2.05) is 13.8 Å². The first kappa shape index (κ1) is 10.2. The molecule has 0 aromatic carbocycles. The highest BCUT2D eigenvalue weighted by Gasteiger charge is 2.09. The van der Waals surface area contributed by atoms with Crippen molar-refractivity contribution in [2.75, 3.05) is 11.9 Å². The van der Waals surface area contributed by atoms with Crippen LogP contribution in [-0.2, 0) is 0 Å². The minimum absolute atomic E-state index is 0.266. The second-order valence-corrected chi connectivity index (χ2v) is 3.96. The van der Waals surface area contributed by atoms with Crippen molar-refractivity contribution >= 4 is 17.4 Å². The molecule has 3 N–H and O–H groups in total. The molecule has 0 saturated carbocycles. The van der Waals surface area contributed by atoms with Crippen molar-refractivity contribution in [3.63, 3.8) is 0 Å². The Kier molecular flexibility index (Phi) is 3.06. The quantitative estimate of drug-likeness (QED) is 0.722. The number of aromatic nitrogens is 2. The third-order valence-electron chi connectivity index (χ3n) is 1.36. The van der Waals surface area contributed by atoms with E-state index in [-0.39, 0.29) is 5.54 Å². The van der Waals surface area contributed by atoms with Crippen molar-refractivity contribution in [3.8, 4) is 0 Å². The summed E-state index contributed by atoms with van der Waals surface area (Å²) in [6.45, 7) is 4.51. The molecule has 1 heterocycles. The Morgan fingerprint density at radius 3 is 2.77 bits per heavy atom. The van der Waals surface area contributed by atoms with Gasteiger partial charge in [0.05, 0.1) is 0 Å². The smallest absolute Gasteiger partial charge is 0.134 e. The van der Waals surface area contributed by atoms with Gasteiger partial charge >= 0.3 is 0 Å².